The Bertz CT molecular complexity index is 346. The number of likely N-dealkylation sites (tertiary alicyclic amines) is 1. The molecule has 0 aromatic rings. The van der Waals surface area contributed by atoms with Crippen LogP contribution in [0, 0.1) is 29.6 Å². The number of nitrogens with zero attached hydrogens (tertiary/aromatic N) is 1. The molecule has 3 heteroatoms. The van der Waals surface area contributed by atoms with E-state index in [4.69, 9.17) is 5.73 Å². The molecule has 0 aromatic carbocycles. The van der Waals surface area contributed by atoms with Crippen LogP contribution >= 0.6 is 0 Å². The Labute approximate surface area is 103 Å². The van der Waals surface area contributed by atoms with Crippen LogP contribution in [0.25, 0.3) is 0 Å². The lowest BCUT2D eigenvalue weighted by Crippen LogP contribution is -2.35. The van der Waals surface area contributed by atoms with E-state index in [1.165, 1.54) is 32.1 Å². The molecule has 0 radical (unpaired) electrons. The van der Waals surface area contributed by atoms with E-state index in [0.29, 0.717) is 29.7 Å². The number of carbonyl (C=O) groups is 1. The van der Waals surface area contributed by atoms with E-state index in [1.54, 1.807) is 0 Å². The summed E-state index contributed by atoms with van der Waals surface area (Å²) in [6.07, 6.45) is 6.39. The van der Waals surface area contributed by atoms with E-state index in [0.717, 1.165) is 24.9 Å². The molecule has 2 N–H and O–H groups in total. The van der Waals surface area contributed by atoms with E-state index in [-0.39, 0.29) is 0 Å². The van der Waals surface area contributed by atoms with E-state index in [9.17, 15) is 4.79 Å². The van der Waals surface area contributed by atoms with Crippen molar-refractivity contribution in [1.29, 1.82) is 0 Å². The van der Waals surface area contributed by atoms with Gasteiger partial charge in [-0.25, -0.2) is 0 Å². The minimum Gasteiger partial charge on any atom is -0.342 e. The van der Waals surface area contributed by atoms with Gasteiger partial charge in [-0.15, -0.1) is 0 Å². The average molecular weight is 234 g/mol. The van der Waals surface area contributed by atoms with Crippen LogP contribution in [0.3, 0.4) is 0 Å². The Hall–Kier alpha value is -0.570. The molecular formula is C14H22N2O. The van der Waals surface area contributed by atoms with Crippen LogP contribution < -0.4 is 5.73 Å². The maximum absolute atomic E-state index is 12.4. The van der Waals surface area contributed by atoms with Crippen molar-refractivity contribution < 1.29 is 4.79 Å². The largest absolute Gasteiger partial charge is 0.342 e. The highest BCUT2D eigenvalue weighted by Gasteiger charge is 2.58. The van der Waals surface area contributed by atoms with Crippen LogP contribution in [0.4, 0.5) is 0 Å². The number of carbonyl (C=O) groups excluding carboxylic acids is 1. The number of fused-ring (bicyclic) bond motifs is 2. The first kappa shape index (κ1) is 10.4. The van der Waals surface area contributed by atoms with Crippen molar-refractivity contribution in [2.24, 2.45) is 35.3 Å². The predicted molar refractivity (Wildman–Crippen MR) is 65.1 cm³/mol. The molecule has 0 bridgehead atoms. The monoisotopic (exact) mass is 234 g/mol. The molecule has 4 fully saturated rings. The zero-order chi connectivity index (χ0) is 11.6. The number of rotatable bonds is 1. The fraction of sp³-hybridized carbons (Fsp3) is 0.929. The molecule has 5 atom stereocenters. The van der Waals surface area contributed by atoms with Gasteiger partial charge in [0.05, 0.1) is 0 Å². The Balaban J connectivity index is 1.42. The first-order valence-corrected chi connectivity index (χ1v) is 7.30. The third kappa shape index (κ3) is 1.41. The molecule has 1 heterocycles. The second-order valence-corrected chi connectivity index (χ2v) is 6.69. The van der Waals surface area contributed by atoms with Gasteiger partial charge in [-0.05, 0) is 49.4 Å². The molecule has 1 saturated heterocycles. The maximum Gasteiger partial charge on any atom is 0.226 e. The lowest BCUT2D eigenvalue weighted by Gasteiger charge is -2.19. The molecule has 0 spiro atoms. The highest BCUT2D eigenvalue weighted by molar-refractivity contribution is 5.83. The lowest BCUT2D eigenvalue weighted by atomic mass is 9.98. The molecule has 1 amide bonds. The summed E-state index contributed by atoms with van der Waals surface area (Å²) in [6, 6.07) is 0.358. The first-order chi connectivity index (χ1) is 8.25. The van der Waals surface area contributed by atoms with Gasteiger partial charge < -0.3 is 10.6 Å². The van der Waals surface area contributed by atoms with Crippen LogP contribution in [-0.4, -0.2) is 29.9 Å². The van der Waals surface area contributed by atoms with Crippen LogP contribution in [0.15, 0.2) is 0 Å². The highest BCUT2D eigenvalue weighted by Crippen LogP contribution is 2.58. The van der Waals surface area contributed by atoms with Gasteiger partial charge in [-0.3, -0.25) is 4.79 Å². The number of hydrogen-bond acceptors (Lipinski definition) is 2. The summed E-state index contributed by atoms with van der Waals surface area (Å²) in [5, 5.41) is 0. The smallest absolute Gasteiger partial charge is 0.226 e. The van der Waals surface area contributed by atoms with Crippen LogP contribution in [-0.2, 0) is 4.79 Å². The van der Waals surface area contributed by atoms with Crippen molar-refractivity contribution in [3.05, 3.63) is 0 Å². The summed E-state index contributed by atoms with van der Waals surface area (Å²) in [5.41, 5.74) is 6.13. The highest BCUT2D eigenvalue weighted by atomic mass is 16.2. The van der Waals surface area contributed by atoms with Crippen molar-refractivity contribution in [1.82, 2.24) is 4.90 Å². The number of hydrogen-bond donors (Lipinski definition) is 1. The van der Waals surface area contributed by atoms with E-state index in [2.05, 4.69) is 4.90 Å². The molecule has 3 nitrogen and oxygen atoms in total. The van der Waals surface area contributed by atoms with E-state index in [1.807, 2.05) is 0 Å². The molecule has 17 heavy (non-hydrogen) atoms. The summed E-state index contributed by atoms with van der Waals surface area (Å²) in [5.74, 6) is 3.73. The Morgan fingerprint density at radius 1 is 1.00 bits per heavy atom. The van der Waals surface area contributed by atoms with Crippen LogP contribution in [0.2, 0.25) is 0 Å². The fourth-order valence-electron chi connectivity index (χ4n) is 4.89. The summed E-state index contributed by atoms with van der Waals surface area (Å²) in [6.45, 7) is 1.97. The van der Waals surface area contributed by atoms with Crippen LogP contribution in [0.1, 0.15) is 32.1 Å². The molecule has 3 saturated carbocycles. The summed E-state index contributed by atoms with van der Waals surface area (Å²) in [7, 11) is 0. The van der Waals surface area contributed by atoms with Gasteiger partial charge in [0.1, 0.15) is 0 Å². The fourth-order valence-corrected chi connectivity index (χ4v) is 4.89. The van der Waals surface area contributed by atoms with Crippen molar-refractivity contribution in [3.8, 4) is 0 Å². The van der Waals surface area contributed by atoms with Gasteiger partial charge in [-0.2, -0.15) is 0 Å². The van der Waals surface area contributed by atoms with Crippen molar-refractivity contribution in [2.75, 3.05) is 13.1 Å². The molecule has 4 rings (SSSR count). The van der Waals surface area contributed by atoms with Crippen LogP contribution in [0.5, 0.6) is 0 Å². The SMILES string of the molecule is NC1CCC2CN(C(=O)C3C4CCCC43)CC12. The molecule has 5 unspecified atom stereocenters. The van der Waals surface area contributed by atoms with Gasteiger partial charge in [0, 0.05) is 25.0 Å². The maximum atomic E-state index is 12.4. The third-order valence-corrected chi connectivity index (χ3v) is 5.92. The number of amides is 1. The van der Waals surface area contributed by atoms with Gasteiger partial charge in [0.2, 0.25) is 5.91 Å². The molecule has 0 aromatic heterocycles. The normalized spacial score (nSPS) is 51.5. The van der Waals surface area contributed by atoms with Crippen molar-refractivity contribution in [2.45, 2.75) is 38.1 Å². The molecule has 3 aliphatic carbocycles. The Kier molecular flexibility index (Phi) is 2.11. The van der Waals surface area contributed by atoms with E-state index >= 15 is 0 Å². The second-order valence-electron chi connectivity index (χ2n) is 6.69. The first-order valence-electron chi connectivity index (χ1n) is 7.30. The summed E-state index contributed by atoms with van der Waals surface area (Å²) < 4.78 is 0. The number of nitrogens with two attached hydrogens (primary N) is 1. The average Bonchev–Trinajstić information content (AvgIpc) is 2.78. The zero-order valence-corrected chi connectivity index (χ0v) is 10.3. The Morgan fingerprint density at radius 3 is 2.47 bits per heavy atom. The predicted octanol–water partition coefficient (Wildman–Crippen LogP) is 1.23. The van der Waals surface area contributed by atoms with Gasteiger partial charge >= 0.3 is 0 Å². The summed E-state index contributed by atoms with van der Waals surface area (Å²) in [4.78, 5) is 14.6. The minimum absolute atomic E-state index is 0.358. The third-order valence-electron chi connectivity index (χ3n) is 5.92. The zero-order valence-electron chi connectivity index (χ0n) is 10.3. The topological polar surface area (TPSA) is 46.3 Å². The second kappa shape index (κ2) is 3.47. The van der Waals surface area contributed by atoms with E-state index < -0.39 is 0 Å². The Morgan fingerprint density at radius 2 is 1.76 bits per heavy atom. The molecule has 94 valence electrons. The van der Waals surface area contributed by atoms with Gasteiger partial charge in [0.25, 0.3) is 0 Å². The van der Waals surface area contributed by atoms with Gasteiger partial charge in [0.15, 0.2) is 0 Å². The molecular weight excluding hydrogens is 212 g/mol. The van der Waals surface area contributed by atoms with Crippen molar-refractivity contribution in [3.63, 3.8) is 0 Å². The molecule has 4 aliphatic rings. The molecule has 1 aliphatic heterocycles. The standard InChI is InChI=1S/C14H22N2O/c15-12-5-4-8-6-16(7-11(8)12)14(17)13-9-2-1-3-10(9)13/h8-13H,1-7,15H2. The quantitative estimate of drug-likeness (QED) is 0.741. The van der Waals surface area contributed by atoms with Crippen molar-refractivity contribution >= 4 is 5.91 Å². The lowest BCUT2D eigenvalue weighted by molar-refractivity contribution is -0.132. The summed E-state index contributed by atoms with van der Waals surface area (Å²) >= 11 is 0. The minimum atomic E-state index is 0.358. The van der Waals surface area contributed by atoms with Gasteiger partial charge in [-0.1, -0.05) is 6.42 Å².